The van der Waals surface area contributed by atoms with Crippen molar-refractivity contribution < 1.29 is 13.9 Å². The molecule has 0 bridgehead atoms. The van der Waals surface area contributed by atoms with E-state index in [1.54, 1.807) is 25.1 Å². The number of halogens is 1. The van der Waals surface area contributed by atoms with Gasteiger partial charge in [0.2, 0.25) is 0 Å². The minimum Gasteiger partial charge on any atom is -0.462 e. The largest absolute Gasteiger partial charge is 0.462 e. The molecule has 1 aromatic carbocycles. The molecule has 31 heavy (non-hydrogen) atoms. The number of thiazole rings is 1. The van der Waals surface area contributed by atoms with Gasteiger partial charge in [0.05, 0.1) is 22.4 Å². The zero-order valence-corrected chi connectivity index (χ0v) is 18.9. The van der Waals surface area contributed by atoms with E-state index >= 15 is 0 Å². The van der Waals surface area contributed by atoms with Crippen LogP contribution in [0.2, 0.25) is 0 Å². The highest BCUT2D eigenvalue weighted by atomic mass is 32.1. The predicted octanol–water partition coefficient (Wildman–Crippen LogP) is 3.64. The van der Waals surface area contributed by atoms with Crippen LogP contribution in [-0.2, 0) is 9.53 Å². The fourth-order valence-electron chi connectivity index (χ4n) is 3.35. The van der Waals surface area contributed by atoms with Crippen molar-refractivity contribution >= 4 is 34.7 Å². The van der Waals surface area contributed by atoms with E-state index in [0.717, 1.165) is 4.88 Å². The third kappa shape index (κ3) is 4.18. The van der Waals surface area contributed by atoms with Crippen LogP contribution in [0, 0.1) is 11.7 Å². The third-order valence-electron chi connectivity index (χ3n) is 4.79. The molecule has 0 saturated carbocycles. The number of hydrogen-bond donors (Lipinski definition) is 0. The average Bonchev–Trinajstić information content (AvgIpc) is 3.36. The third-order valence-corrected chi connectivity index (χ3v) is 6.70. The Morgan fingerprint density at radius 2 is 2.06 bits per heavy atom. The van der Waals surface area contributed by atoms with Crippen LogP contribution >= 0.6 is 22.7 Å². The number of benzene rings is 1. The molecule has 0 fully saturated rings. The molecule has 160 valence electrons. The first-order chi connectivity index (χ1) is 14.9. The topological polar surface area (TPSA) is 60.7 Å². The number of allylic oxidation sites excluding steroid dienone is 1. The highest BCUT2D eigenvalue weighted by molar-refractivity contribution is 7.10. The molecular formula is C23H21FN2O3S2. The number of rotatable bonds is 5. The summed E-state index contributed by atoms with van der Waals surface area (Å²) in [6.07, 6.45) is 1.53. The Kier molecular flexibility index (Phi) is 6.02. The molecule has 2 aromatic heterocycles. The van der Waals surface area contributed by atoms with E-state index in [9.17, 15) is 14.0 Å². The monoisotopic (exact) mass is 456 g/mol. The summed E-state index contributed by atoms with van der Waals surface area (Å²) >= 11 is 2.64. The molecule has 0 saturated heterocycles. The summed E-state index contributed by atoms with van der Waals surface area (Å²) in [5, 5.41) is 1.90. The molecule has 3 aromatic rings. The molecule has 0 N–H and O–H groups in total. The predicted molar refractivity (Wildman–Crippen MR) is 120 cm³/mol. The number of hydrogen-bond acceptors (Lipinski definition) is 6. The normalized spacial score (nSPS) is 16.4. The highest BCUT2D eigenvalue weighted by Crippen LogP contribution is 2.33. The van der Waals surface area contributed by atoms with Crippen LogP contribution in [0.15, 0.2) is 62.8 Å². The summed E-state index contributed by atoms with van der Waals surface area (Å²) in [5.41, 5.74) is 0.888. The van der Waals surface area contributed by atoms with Gasteiger partial charge < -0.3 is 4.74 Å². The van der Waals surface area contributed by atoms with Gasteiger partial charge >= 0.3 is 5.97 Å². The van der Waals surface area contributed by atoms with Gasteiger partial charge in [-0.25, -0.2) is 14.2 Å². The van der Waals surface area contributed by atoms with Gasteiger partial charge in [-0.05, 0) is 36.4 Å². The Morgan fingerprint density at radius 1 is 1.29 bits per heavy atom. The Hall–Kier alpha value is -2.84. The van der Waals surface area contributed by atoms with Crippen LogP contribution in [0.25, 0.3) is 6.08 Å². The van der Waals surface area contributed by atoms with Crippen molar-refractivity contribution in [1.82, 2.24) is 4.57 Å². The number of esters is 1. The van der Waals surface area contributed by atoms with Crippen molar-refractivity contribution in [3.8, 4) is 0 Å². The van der Waals surface area contributed by atoms with Crippen LogP contribution in [0.1, 0.15) is 37.3 Å². The SMILES string of the molecule is CC1=C(C(=O)OCC(C)C)C(c2cccs2)n2c(sc(=Cc3ccccc3F)c2=O)=N1. The molecule has 0 amide bonds. The zero-order valence-electron chi connectivity index (χ0n) is 17.3. The maximum absolute atomic E-state index is 14.1. The zero-order chi connectivity index (χ0) is 22.1. The van der Waals surface area contributed by atoms with Crippen molar-refractivity contribution in [2.75, 3.05) is 6.61 Å². The average molecular weight is 457 g/mol. The molecule has 3 heterocycles. The van der Waals surface area contributed by atoms with Gasteiger partial charge in [-0.2, -0.15) is 0 Å². The summed E-state index contributed by atoms with van der Waals surface area (Å²) < 4.78 is 21.5. The number of nitrogens with zero attached hydrogens (tertiary/aromatic N) is 2. The summed E-state index contributed by atoms with van der Waals surface area (Å²) in [6, 6.07) is 9.42. The molecule has 8 heteroatoms. The lowest BCUT2D eigenvalue weighted by Gasteiger charge is -2.23. The molecule has 1 unspecified atom stereocenters. The molecule has 4 rings (SSSR count). The first kappa shape index (κ1) is 21.4. The van der Waals surface area contributed by atoms with Gasteiger partial charge in [0, 0.05) is 10.4 Å². The lowest BCUT2D eigenvalue weighted by molar-refractivity contribution is -0.140. The second-order valence-electron chi connectivity index (χ2n) is 7.61. The second kappa shape index (κ2) is 8.72. The Bertz CT molecular complexity index is 1330. The van der Waals surface area contributed by atoms with Gasteiger partial charge in [-0.3, -0.25) is 9.36 Å². The van der Waals surface area contributed by atoms with Gasteiger partial charge in [0.25, 0.3) is 5.56 Å². The van der Waals surface area contributed by atoms with Crippen molar-refractivity contribution in [1.29, 1.82) is 0 Å². The summed E-state index contributed by atoms with van der Waals surface area (Å²) in [5.74, 6) is -0.694. The van der Waals surface area contributed by atoms with Crippen molar-refractivity contribution in [3.05, 3.63) is 89.0 Å². The fourth-order valence-corrected chi connectivity index (χ4v) is 5.21. The van der Waals surface area contributed by atoms with Gasteiger partial charge in [-0.15, -0.1) is 11.3 Å². The molecule has 1 aliphatic rings. The maximum atomic E-state index is 14.1. The van der Waals surface area contributed by atoms with Crippen LogP contribution in [-0.4, -0.2) is 17.1 Å². The van der Waals surface area contributed by atoms with E-state index in [1.165, 1.54) is 39.4 Å². The van der Waals surface area contributed by atoms with E-state index in [1.807, 2.05) is 31.4 Å². The Morgan fingerprint density at radius 3 is 2.74 bits per heavy atom. The first-order valence-corrected chi connectivity index (χ1v) is 11.5. The van der Waals surface area contributed by atoms with E-state index in [2.05, 4.69) is 4.99 Å². The number of ether oxygens (including phenoxy) is 1. The number of thiophene rings is 1. The first-order valence-electron chi connectivity index (χ1n) is 9.84. The Balaban J connectivity index is 1.89. The van der Waals surface area contributed by atoms with E-state index in [-0.39, 0.29) is 18.1 Å². The molecule has 0 spiro atoms. The van der Waals surface area contributed by atoms with Crippen molar-refractivity contribution in [2.45, 2.75) is 26.8 Å². The molecule has 0 aliphatic carbocycles. The van der Waals surface area contributed by atoms with Crippen molar-refractivity contribution in [2.24, 2.45) is 10.9 Å². The minimum absolute atomic E-state index is 0.187. The minimum atomic E-state index is -0.626. The molecular weight excluding hydrogens is 435 g/mol. The lowest BCUT2D eigenvalue weighted by atomic mass is 10.0. The molecule has 1 aliphatic heterocycles. The van der Waals surface area contributed by atoms with Crippen LogP contribution in [0.4, 0.5) is 4.39 Å². The van der Waals surface area contributed by atoms with Crippen LogP contribution in [0.3, 0.4) is 0 Å². The van der Waals surface area contributed by atoms with Crippen LogP contribution < -0.4 is 14.9 Å². The van der Waals surface area contributed by atoms with Gasteiger partial charge in [-0.1, -0.05) is 49.4 Å². The summed E-state index contributed by atoms with van der Waals surface area (Å²) in [7, 11) is 0. The van der Waals surface area contributed by atoms with Crippen molar-refractivity contribution in [3.63, 3.8) is 0 Å². The van der Waals surface area contributed by atoms with E-state index in [0.29, 0.717) is 26.2 Å². The van der Waals surface area contributed by atoms with E-state index < -0.39 is 17.8 Å². The quantitative estimate of drug-likeness (QED) is 0.551. The second-order valence-corrected chi connectivity index (χ2v) is 9.60. The number of aromatic nitrogens is 1. The summed E-state index contributed by atoms with van der Waals surface area (Å²) in [6.45, 7) is 5.95. The summed E-state index contributed by atoms with van der Waals surface area (Å²) in [4.78, 5) is 32.2. The standard InChI is InChI=1S/C23H21FN2O3S2/c1-13(2)12-29-22(28)19-14(3)25-23-26(20(19)17-9-6-10-30-17)21(27)18(31-23)11-15-7-4-5-8-16(15)24/h4-11,13,20H,12H2,1-3H3. The number of carbonyl (C=O) groups excluding carboxylic acids is 1. The van der Waals surface area contributed by atoms with Gasteiger partial charge in [0.15, 0.2) is 4.80 Å². The fraction of sp³-hybridized carbons (Fsp3) is 0.261. The number of fused-ring (bicyclic) bond motifs is 1. The Labute approximate surface area is 186 Å². The van der Waals surface area contributed by atoms with Gasteiger partial charge in [0.1, 0.15) is 11.9 Å². The smallest absolute Gasteiger partial charge is 0.338 e. The van der Waals surface area contributed by atoms with E-state index in [4.69, 9.17) is 4.74 Å². The molecule has 1 atom stereocenters. The molecule has 0 radical (unpaired) electrons. The number of carbonyl (C=O) groups is 1. The maximum Gasteiger partial charge on any atom is 0.338 e. The van der Waals surface area contributed by atoms with Crippen LogP contribution in [0.5, 0.6) is 0 Å². The molecule has 5 nitrogen and oxygen atoms in total. The highest BCUT2D eigenvalue weighted by Gasteiger charge is 2.34. The lowest BCUT2D eigenvalue weighted by Crippen LogP contribution is -2.39.